The summed E-state index contributed by atoms with van der Waals surface area (Å²) >= 11 is 5.63. The zero-order valence-corrected chi connectivity index (χ0v) is 13.4. The molecule has 1 fully saturated rings. The van der Waals surface area contributed by atoms with Crippen molar-refractivity contribution in [3.05, 3.63) is 30.0 Å². The van der Waals surface area contributed by atoms with Crippen molar-refractivity contribution in [2.45, 2.75) is 19.3 Å². The minimum Gasteiger partial charge on any atom is -0.341 e. The molecule has 1 aliphatic rings. The monoisotopic (exact) mass is 319 g/mol. The number of carbonyl (C=O) groups is 1. The van der Waals surface area contributed by atoms with E-state index in [4.69, 9.17) is 11.6 Å². The number of hydrogen-bond donors (Lipinski definition) is 0. The molecule has 0 saturated carbocycles. The van der Waals surface area contributed by atoms with Crippen LogP contribution in [0.15, 0.2) is 18.5 Å². The first-order valence-electron chi connectivity index (χ1n) is 7.25. The fourth-order valence-corrected chi connectivity index (χ4v) is 2.95. The predicted octanol–water partition coefficient (Wildman–Crippen LogP) is 1.74. The SMILES string of the molecule is Cc1cc(-c2nccn2C)nc(C2CCN(C(=O)CCl)C2)n1. The first kappa shape index (κ1) is 15.0. The van der Waals surface area contributed by atoms with Crippen LogP contribution in [0.3, 0.4) is 0 Å². The van der Waals surface area contributed by atoms with Gasteiger partial charge in [0, 0.05) is 44.1 Å². The second-order valence-electron chi connectivity index (χ2n) is 5.57. The van der Waals surface area contributed by atoms with Crippen LogP contribution in [0.1, 0.15) is 23.9 Å². The Morgan fingerprint density at radius 3 is 2.95 bits per heavy atom. The van der Waals surface area contributed by atoms with Gasteiger partial charge in [0.25, 0.3) is 0 Å². The molecule has 0 spiro atoms. The van der Waals surface area contributed by atoms with Gasteiger partial charge in [-0.05, 0) is 19.4 Å². The molecular formula is C15H18ClN5O. The Morgan fingerprint density at radius 1 is 1.45 bits per heavy atom. The molecule has 3 rings (SSSR count). The zero-order chi connectivity index (χ0) is 15.7. The highest BCUT2D eigenvalue weighted by molar-refractivity contribution is 6.27. The van der Waals surface area contributed by atoms with Crippen LogP contribution in [-0.4, -0.2) is 49.3 Å². The van der Waals surface area contributed by atoms with Gasteiger partial charge in [0.1, 0.15) is 17.4 Å². The molecule has 1 atom stereocenters. The predicted molar refractivity (Wildman–Crippen MR) is 83.6 cm³/mol. The Labute approximate surface area is 134 Å². The number of aryl methyl sites for hydroxylation is 2. The van der Waals surface area contributed by atoms with E-state index in [1.807, 2.05) is 30.8 Å². The van der Waals surface area contributed by atoms with Gasteiger partial charge in [0.05, 0.1) is 0 Å². The largest absolute Gasteiger partial charge is 0.341 e. The van der Waals surface area contributed by atoms with Crippen LogP contribution in [0.25, 0.3) is 11.5 Å². The minimum absolute atomic E-state index is 0.0267. The summed E-state index contributed by atoms with van der Waals surface area (Å²) in [5, 5.41) is 0. The van der Waals surface area contributed by atoms with Gasteiger partial charge in [-0.3, -0.25) is 4.79 Å². The van der Waals surface area contributed by atoms with Crippen molar-refractivity contribution >= 4 is 17.5 Å². The topological polar surface area (TPSA) is 63.9 Å². The molecule has 2 aromatic rings. The maximum Gasteiger partial charge on any atom is 0.237 e. The molecule has 1 amide bonds. The summed E-state index contributed by atoms with van der Waals surface area (Å²) < 4.78 is 1.93. The van der Waals surface area contributed by atoms with Gasteiger partial charge < -0.3 is 9.47 Å². The smallest absolute Gasteiger partial charge is 0.237 e. The summed E-state index contributed by atoms with van der Waals surface area (Å²) in [7, 11) is 1.94. The fraction of sp³-hybridized carbons (Fsp3) is 0.467. The standard InChI is InChI=1S/C15H18ClN5O/c1-10-7-12(15-17-4-6-20(15)2)19-14(18-10)11-3-5-21(9-11)13(22)8-16/h4,6-7,11H,3,5,8-9H2,1-2H3. The second kappa shape index (κ2) is 6.04. The molecule has 0 N–H and O–H groups in total. The molecule has 7 heteroatoms. The molecule has 0 aromatic carbocycles. The zero-order valence-electron chi connectivity index (χ0n) is 12.7. The third-order valence-corrected chi connectivity index (χ3v) is 4.17. The van der Waals surface area contributed by atoms with Crippen LogP contribution >= 0.6 is 11.6 Å². The van der Waals surface area contributed by atoms with E-state index in [2.05, 4.69) is 15.0 Å². The molecule has 1 aliphatic heterocycles. The lowest BCUT2D eigenvalue weighted by molar-refractivity contribution is -0.127. The maximum absolute atomic E-state index is 11.7. The highest BCUT2D eigenvalue weighted by Crippen LogP contribution is 2.27. The third kappa shape index (κ3) is 2.83. The van der Waals surface area contributed by atoms with Crippen LogP contribution in [0.5, 0.6) is 0 Å². The Bertz CT molecular complexity index is 699. The Hall–Kier alpha value is -1.95. The number of hydrogen-bond acceptors (Lipinski definition) is 4. The summed E-state index contributed by atoms with van der Waals surface area (Å²) in [4.78, 5) is 27.0. The van der Waals surface area contributed by atoms with Crippen LogP contribution in [-0.2, 0) is 11.8 Å². The van der Waals surface area contributed by atoms with Crippen molar-refractivity contribution < 1.29 is 4.79 Å². The number of alkyl halides is 1. The molecule has 0 radical (unpaired) electrons. The van der Waals surface area contributed by atoms with Crippen LogP contribution in [0.2, 0.25) is 0 Å². The van der Waals surface area contributed by atoms with Gasteiger partial charge in [0.2, 0.25) is 5.91 Å². The molecular weight excluding hydrogens is 302 g/mol. The number of halogens is 1. The third-order valence-electron chi connectivity index (χ3n) is 3.94. The van der Waals surface area contributed by atoms with Crippen molar-refractivity contribution in [2.75, 3.05) is 19.0 Å². The van der Waals surface area contributed by atoms with Crippen LogP contribution in [0.4, 0.5) is 0 Å². The van der Waals surface area contributed by atoms with Crippen molar-refractivity contribution in [1.82, 2.24) is 24.4 Å². The average molecular weight is 320 g/mol. The number of likely N-dealkylation sites (tertiary alicyclic amines) is 1. The number of carbonyl (C=O) groups excluding carboxylic acids is 1. The summed E-state index contributed by atoms with van der Waals surface area (Å²) in [6.45, 7) is 3.30. The van der Waals surface area contributed by atoms with E-state index in [-0.39, 0.29) is 17.7 Å². The van der Waals surface area contributed by atoms with Crippen molar-refractivity contribution in [3.8, 4) is 11.5 Å². The number of nitrogens with zero attached hydrogens (tertiary/aromatic N) is 5. The highest BCUT2D eigenvalue weighted by atomic mass is 35.5. The van der Waals surface area contributed by atoms with E-state index in [1.54, 1.807) is 11.1 Å². The van der Waals surface area contributed by atoms with E-state index >= 15 is 0 Å². The summed E-state index contributed by atoms with van der Waals surface area (Å²) in [5.41, 5.74) is 1.72. The maximum atomic E-state index is 11.7. The quantitative estimate of drug-likeness (QED) is 0.808. The van der Waals surface area contributed by atoms with Crippen molar-refractivity contribution in [2.24, 2.45) is 7.05 Å². The second-order valence-corrected chi connectivity index (χ2v) is 5.84. The van der Waals surface area contributed by atoms with Gasteiger partial charge in [0.15, 0.2) is 5.82 Å². The lowest BCUT2D eigenvalue weighted by Crippen LogP contribution is -2.29. The normalized spacial score (nSPS) is 18.0. The summed E-state index contributed by atoms with van der Waals surface area (Å²) in [6.07, 6.45) is 4.51. The van der Waals surface area contributed by atoms with Crippen LogP contribution < -0.4 is 0 Å². The molecule has 1 saturated heterocycles. The van der Waals surface area contributed by atoms with Gasteiger partial charge in [-0.1, -0.05) is 0 Å². The van der Waals surface area contributed by atoms with Crippen LogP contribution in [0, 0.1) is 6.92 Å². The van der Waals surface area contributed by atoms with Gasteiger partial charge >= 0.3 is 0 Å². The van der Waals surface area contributed by atoms with E-state index in [0.717, 1.165) is 29.5 Å². The Balaban J connectivity index is 1.88. The number of aromatic nitrogens is 4. The van der Waals surface area contributed by atoms with Gasteiger partial charge in [-0.2, -0.15) is 0 Å². The van der Waals surface area contributed by atoms with E-state index in [9.17, 15) is 4.79 Å². The molecule has 0 bridgehead atoms. The number of rotatable bonds is 3. The fourth-order valence-electron chi connectivity index (χ4n) is 2.78. The molecule has 116 valence electrons. The molecule has 6 nitrogen and oxygen atoms in total. The number of amides is 1. The van der Waals surface area contributed by atoms with Gasteiger partial charge in [-0.15, -0.1) is 11.6 Å². The highest BCUT2D eigenvalue weighted by Gasteiger charge is 2.29. The Kier molecular flexibility index (Phi) is 4.11. The number of imidazole rings is 1. The lowest BCUT2D eigenvalue weighted by atomic mass is 10.1. The van der Waals surface area contributed by atoms with Crippen molar-refractivity contribution in [3.63, 3.8) is 0 Å². The van der Waals surface area contributed by atoms with E-state index < -0.39 is 0 Å². The molecule has 3 heterocycles. The first-order valence-corrected chi connectivity index (χ1v) is 7.79. The molecule has 0 aliphatic carbocycles. The molecule has 2 aromatic heterocycles. The minimum atomic E-state index is -0.0267. The lowest BCUT2D eigenvalue weighted by Gasteiger charge is -2.15. The average Bonchev–Trinajstić information content (AvgIpc) is 3.14. The van der Waals surface area contributed by atoms with E-state index in [1.165, 1.54) is 0 Å². The van der Waals surface area contributed by atoms with E-state index in [0.29, 0.717) is 13.1 Å². The summed E-state index contributed by atoms with van der Waals surface area (Å²) in [5.74, 6) is 1.76. The van der Waals surface area contributed by atoms with Crippen molar-refractivity contribution in [1.29, 1.82) is 0 Å². The Morgan fingerprint density at radius 2 is 2.27 bits per heavy atom. The van der Waals surface area contributed by atoms with Gasteiger partial charge in [-0.25, -0.2) is 15.0 Å². The first-order chi connectivity index (χ1) is 10.6. The molecule has 1 unspecified atom stereocenters. The molecule has 22 heavy (non-hydrogen) atoms. The summed E-state index contributed by atoms with van der Waals surface area (Å²) in [6, 6.07) is 1.93.